The minimum atomic E-state index is 0.724. The maximum atomic E-state index is 3.70. The molecule has 2 rings (SSSR count). The van der Waals surface area contributed by atoms with Crippen LogP contribution < -0.4 is 5.32 Å². The van der Waals surface area contributed by atoms with Crippen molar-refractivity contribution < 1.29 is 0 Å². The van der Waals surface area contributed by atoms with Gasteiger partial charge in [-0.3, -0.25) is 4.90 Å². The highest BCUT2D eigenvalue weighted by Gasteiger charge is 2.32. The molecule has 1 aliphatic carbocycles. The summed E-state index contributed by atoms with van der Waals surface area (Å²) in [5.41, 5.74) is 0. The van der Waals surface area contributed by atoms with Crippen molar-refractivity contribution in [3.8, 4) is 0 Å². The molecule has 3 heteroatoms. The van der Waals surface area contributed by atoms with E-state index in [4.69, 9.17) is 0 Å². The van der Waals surface area contributed by atoms with Crippen molar-refractivity contribution in [3.63, 3.8) is 0 Å². The van der Waals surface area contributed by atoms with Crippen LogP contribution in [0.4, 0.5) is 0 Å². The Morgan fingerprint density at radius 2 is 2.24 bits per heavy atom. The van der Waals surface area contributed by atoms with Gasteiger partial charge in [0, 0.05) is 37.0 Å². The first-order chi connectivity index (χ1) is 8.24. The van der Waals surface area contributed by atoms with E-state index in [2.05, 4.69) is 42.1 Å². The van der Waals surface area contributed by atoms with E-state index < -0.39 is 0 Å². The largest absolute Gasteiger partial charge is 0.311 e. The highest BCUT2D eigenvalue weighted by atomic mass is 32.2. The molecule has 0 amide bonds. The lowest BCUT2D eigenvalue weighted by Crippen LogP contribution is -2.55. The summed E-state index contributed by atoms with van der Waals surface area (Å²) in [6, 6.07) is 1.60. The number of hydrogen-bond acceptors (Lipinski definition) is 3. The summed E-state index contributed by atoms with van der Waals surface area (Å²) < 4.78 is 0. The Bertz CT molecular complexity index is 234. The molecule has 2 aliphatic rings. The predicted molar refractivity (Wildman–Crippen MR) is 77.8 cm³/mol. The van der Waals surface area contributed by atoms with E-state index in [1.807, 2.05) is 0 Å². The van der Waals surface area contributed by atoms with E-state index >= 15 is 0 Å². The van der Waals surface area contributed by atoms with E-state index in [0.29, 0.717) is 0 Å². The number of rotatable bonds is 4. The average molecular weight is 256 g/mol. The zero-order chi connectivity index (χ0) is 12.3. The minimum Gasteiger partial charge on any atom is -0.311 e. The Labute approximate surface area is 111 Å². The summed E-state index contributed by atoms with van der Waals surface area (Å²) >= 11 is 2.07. The number of piperazine rings is 1. The fraction of sp³-hybridized carbons (Fsp3) is 1.00. The molecule has 4 atom stereocenters. The second-order valence-corrected chi connectivity index (χ2v) is 6.90. The van der Waals surface area contributed by atoms with Gasteiger partial charge in [-0.05, 0) is 31.4 Å². The third-order valence-electron chi connectivity index (χ3n) is 4.77. The van der Waals surface area contributed by atoms with Gasteiger partial charge < -0.3 is 5.32 Å². The maximum Gasteiger partial charge on any atom is 0.0221 e. The molecule has 0 spiro atoms. The Kier molecular flexibility index (Phi) is 5.19. The molecule has 0 aromatic rings. The summed E-state index contributed by atoms with van der Waals surface area (Å²) in [6.45, 7) is 8.43. The molecular formula is C14H28N2S. The van der Waals surface area contributed by atoms with Crippen LogP contribution >= 0.6 is 11.8 Å². The van der Waals surface area contributed by atoms with Gasteiger partial charge in [0.1, 0.15) is 0 Å². The van der Waals surface area contributed by atoms with Crippen LogP contribution in [0.3, 0.4) is 0 Å². The van der Waals surface area contributed by atoms with Gasteiger partial charge in [-0.1, -0.05) is 20.3 Å². The fourth-order valence-corrected chi connectivity index (χ4v) is 4.05. The first kappa shape index (κ1) is 13.7. The van der Waals surface area contributed by atoms with E-state index in [1.54, 1.807) is 0 Å². The lowest BCUT2D eigenvalue weighted by molar-refractivity contribution is 0.124. The van der Waals surface area contributed by atoms with Crippen LogP contribution in [0.1, 0.15) is 39.5 Å². The van der Waals surface area contributed by atoms with Crippen LogP contribution in [0, 0.1) is 5.92 Å². The van der Waals surface area contributed by atoms with Crippen molar-refractivity contribution in [1.29, 1.82) is 0 Å². The van der Waals surface area contributed by atoms with Crippen molar-refractivity contribution in [2.75, 3.05) is 25.9 Å². The van der Waals surface area contributed by atoms with Crippen LogP contribution in [0.5, 0.6) is 0 Å². The van der Waals surface area contributed by atoms with Crippen molar-refractivity contribution in [3.05, 3.63) is 0 Å². The molecule has 2 nitrogen and oxygen atoms in total. The standard InChI is InChI=1S/C14H28N2S/c1-4-11(2)14-10-16(8-7-15-14)12-5-6-13(9-12)17-3/h11-15H,4-10H2,1-3H3. The topological polar surface area (TPSA) is 15.3 Å². The lowest BCUT2D eigenvalue weighted by atomic mass is 9.96. The Hall–Kier alpha value is 0.270. The molecule has 17 heavy (non-hydrogen) atoms. The Morgan fingerprint density at radius 1 is 1.41 bits per heavy atom. The van der Waals surface area contributed by atoms with Crippen molar-refractivity contribution >= 4 is 11.8 Å². The van der Waals surface area contributed by atoms with Crippen LogP contribution in [0.15, 0.2) is 0 Å². The van der Waals surface area contributed by atoms with Crippen LogP contribution in [-0.4, -0.2) is 48.1 Å². The summed E-state index contributed by atoms with van der Waals surface area (Å²) in [7, 11) is 0. The lowest BCUT2D eigenvalue weighted by Gasteiger charge is -2.39. The molecule has 100 valence electrons. The second-order valence-electron chi connectivity index (χ2n) is 5.77. The zero-order valence-electron chi connectivity index (χ0n) is 11.6. The first-order valence-corrected chi connectivity index (χ1v) is 8.53. The number of nitrogens with zero attached hydrogens (tertiary/aromatic N) is 1. The van der Waals surface area contributed by atoms with E-state index in [1.165, 1.54) is 45.3 Å². The highest BCUT2D eigenvalue weighted by molar-refractivity contribution is 7.99. The fourth-order valence-electron chi connectivity index (χ4n) is 3.26. The van der Waals surface area contributed by atoms with Crippen molar-refractivity contribution in [2.45, 2.75) is 56.9 Å². The van der Waals surface area contributed by atoms with E-state index in [9.17, 15) is 0 Å². The van der Waals surface area contributed by atoms with Crippen LogP contribution in [0.2, 0.25) is 0 Å². The molecule has 0 radical (unpaired) electrons. The summed E-state index contributed by atoms with van der Waals surface area (Å²) in [6.07, 6.45) is 7.85. The smallest absolute Gasteiger partial charge is 0.0221 e. The normalized spacial score (nSPS) is 37.2. The molecule has 1 heterocycles. The number of hydrogen-bond donors (Lipinski definition) is 1. The zero-order valence-corrected chi connectivity index (χ0v) is 12.4. The van der Waals surface area contributed by atoms with Gasteiger partial charge in [0.05, 0.1) is 0 Å². The van der Waals surface area contributed by atoms with Gasteiger partial charge >= 0.3 is 0 Å². The molecule has 0 aromatic heterocycles. The summed E-state index contributed by atoms with van der Waals surface area (Å²) in [5, 5.41) is 4.63. The minimum absolute atomic E-state index is 0.724. The predicted octanol–water partition coefficient (Wildman–Crippen LogP) is 2.59. The SMILES string of the molecule is CCC(C)C1CN(C2CCC(SC)C2)CCN1. The highest BCUT2D eigenvalue weighted by Crippen LogP contribution is 2.32. The van der Waals surface area contributed by atoms with Crippen molar-refractivity contribution in [1.82, 2.24) is 10.2 Å². The van der Waals surface area contributed by atoms with E-state index in [0.717, 1.165) is 23.3 Å². The van der Waals surface area contributed by atoms with Gasteiger partial charge in [-0.15, -0.1) is 0 Å². The third-order valence-corrected chi connectivity index (χ3v) is 5.87. The first-order valence-electron chi connectivity index (χ1n) is 7.24. The molecular weight excluding hydrogens is 228 g/mol. The van der Waals surface area contributed by atoms with E-state index in [-0.39, 0.29) is 0 Å². The molecule has 0 aromatic carbocycles. The van der Waals surface area contributed by atoms with Crippen LogP contribution in [0.25, 0.3) is 0 Å². The monoisotopic (exact) mass is 256 g/mol. The summed E-state index contributed by atoms with van der Waals surface area (Å²) in [4.78, 5) is 2.77. The molecule has 0 bridgehead atoms. The van der Waals surface area contributed by atoms with Gasteiger partial charge in [0.2, 0.25) is 0 Å². The quantitative estimate of drug-likeness (QED) is 0.832. The van der Waals surface area contributed by atoms with Gasteiger partial charge in [-0.2, -0.15) is 11.8 Å². The number of thioether (sulfide) groups is 1. The molecule has 1 N–H and O–H groups in total. The molecule has 1 aliphatic heterocycles. The van der Waals surface area contributed by atoms with Gasteiger partial charge in [0.25, 0.3) is 0 Å². The van der Waals surface area contributed by atoms with Gasteiger partial charge in [0.15, 0.2) is 0 Å². The Balaban J connectivity index is 1.85. The molecule has 2 fully saturated rings. The average Bonchev–Trinajstić information content (AvgIpc) is 2.86. The number of nitrogens with one attached hydrogen (secondary N) is 1. The molecule has 1 saturated carbocycles. The second kappa shape index (κ2) is 6.44. The van der Waals surface area contributed by atoms with Crippen molar-refractivity contribution in [2.24, 2.45) is 5.92 Å². The Morgan fingerprint density at radius 3 is 2.88 bits per heavy atom. The molecule has 4 unspecified atom stereocenters. The molecule has 1 saturated heterocycles. The third kappa shape index (κ3) is 3.39. The summed E-state index contributed by atoms with van der Waals surface area (Å²) in [5.74, 6) is 0.815. The maximum absolute atomic E-state index is 3.70. The van der Waals surface area contributed by atoms with Crippen LogP contribution in [-0.2, 0) is 0 Å². The van der Waals surface area contributed by atoms with Gasteiger partial charge in [-0.25, -0.2) is 0 Å².